The van der Waals surface area contributed by atoms with E-state index < -0.39 is 0 Å². The molecule has 4 aromatic carbocycles. The van der Waals surface area contributed by atoms with Crippen LogP contribution in [0.15, 0.2) is 84.9 Å². The fraction of sp³-hybridized carbons (Fsp3) is 0.458. The van der Waals surface area contributed by atoms with Gasteiger partial charge in [-0.05, 0) is 87.3 Å². The van der Waals surface area contributed by atoms with Gasteiger partial charge in [0.15, 0.2) is 0 Å². The van der Waals surface area contributed by atoms with E-state index in [1.807, 2.05) is 48.5 Å². The number of nitrogens with one attached hydrogen (secondary N) is 2. The molecule has 4 aromatic rings. The molecule has 2 aliphatic carbocycles. The van der Waals surface area contributed by atoms with E-state index in [1.54, 1.807) is 36.4 Å². The second-order valence-corrected chi connectivity index (χ2v) is 21.4. The minimum absolute atomic E-state index is 0.132. The third-order valence-corrected chi connectivity index (χ3v) is 17.2. The molecule has 14 heteroatoms. The maximum absolute atomic E-state index is 13.1. The number of para-hydroxylation sites is 4. The van der Waals surface area contributed by atoms with Crippen molar-refractivity contribution in [1.29, 1.82) is 0 Å². The van der Waals surface area contributed by atoms with Crippen LogP contribution in [0, 0.1) is 0 Å². The fourth-order valence-electron chi connectivity index (χ4n) is 8.39. The number of anilines is 4. The fourth-order valence-corrected chi connectivity index (χ4v) is 13.6. The summed E-state index contributed by atoms with van der Waals surface area (Å²) >= 11 is 25.6. The average molecular weight is 961 g/mol. The Labute approximate surface area is 395 Å². The third-order valence-electron chi connectivity index (χ3n) is 11.7. The van der Waals surface area contributed by atoms with Crippen molar-refractivity contribution < 1.29 is 19.1 Å². The molecule has 0 radical (unpaired) electrons. The van der Waals surface area contributed by atoms with Crippen LogP contribution in [-0.2, 0) is 31.9 Å². The van der Waals surface area contributed by atoms with E-state index in [0.29, 0.717) is 57.8 Å². The topological polar surface area (TPSA) is 83.1 Å². The minimum atomic E-state index is -0.272. The number of benzene rings is 4. The van der Waals surface area contributed by atoms with Crippen LogP contribution in [0.25, 0.3) is 0 Å². The molecule has 6 rings (SSSR count). The van der Waals surface area contributed by atoms with Crippen molar-refractivity contribution in [2.75, 3.05) is 64.1 Å². The van der Waals surface area contributed by atoms with Crippen LogP contribution in [0.2, 0.25) is 20.1 Å². The summed E-state index contributed by atoms with van der Waals surface area (Å²) in [6.07, 6.45) is 12.5. The number of carbonyl (C=O) groups excluding carboxylic acids is 2. The monoisotopic (exact) mass is 958 g/mol. The SMILES string of the molecule is CN(CCOC(=O)Cc1ccccc1Nc1c(Cl)cccc1Cl)CC1(SSC2(CN(C)CCOC(=O)Cc3ccccc3Nc3c(Cl)cccc3Cl)CCCCC2)CCCCC1. The predicted octanol–water partition coefficient (Wildman–Crippen LogP) is 13.3. The zero-order valence-corrected chi connectivity index (χ0v) is 40.3. The normalized spacial score (nSPS) is 15.9. The van der Waals surface area contributed by atoms with Crippen molar-refractivity contribution in [2.45, 2.75) is 86.5 Å². The second kappa shape index (κ2) is 23.9. The van der Waals surface area contributed by atoms with Gasteiger partial charge >= 0.3 is 11.9 Å². The Morgan fingerprint density at radius 2 is 0.903 bits per heavy atom. The predicted molar refractivity (Wildman–Crippen MR) is 264 cm³/mol. The van der Waals surface area contributed by atoms with E-state index in [9.17, 15) is 9.59 Å². The van der Waals surface area contributed by atoms with Gasteiger partial charge in [-0.1, -0.05) is 155 Å². The molecule has 0 unspecified atom stereocenters. The van der Waals surface area contributed by atoms with Crippen LogP contribution in [0.5, 0.6) is 0 Å². The number of halogens is 4. The Bertz CT molecular complexity index is 1910. The van der Waals surface area contributed by atoms with Crippen molar-refractivity contribution in [3.05, 3.63) is 116 Å². The van der Waals surface area contributed by atoms with Crippen LogP contribution in [0.1, 0.15) is 75.3 Å². The van der Waals surface area contributed by atoms with Crippen molar-refractivity contribution in [3.8, 4) is 0 Å². The Balaban J connectivity index is 0.969. The maximum Gasteiger partial charge on any atom is 0.310 e. The first-order valence-corrected chi connectivity index (χ1v) is 25.2. The average Bonchev–Trinajstić information content (AvgIpc) is 3.25. The summed E-state index contributed by atoms with van der Waals surface area (Å²) in [5.41, 5.74) is 4.36. The van der Waals surface area contributed by atoms with Crippen molar-refractivity contribution in [2.24, 2.45) is 0 Å². The smallest absolute Gasteiger partial charge is 0.310 e. The molecular weight excluding hydrogens is 902 g/mol. The molecular formula is C48H58Cl4N4O4S2. The van der Waals surface area contributed by atoms with E-state index in [0.717, 1.165) is 35.6 Å². The molecule has 0 aliphatic heterocycles. The molecule has 2 aliphatic rings. The van der Waals surface area contributed by atoms with Crippen LogP contribution < -0.4 is 10.6 Å². The van der Waals surface area contributed by atoms with Gasteiger partial charge in [-0.2, -0.15) is 0 Å². The standard InChI is InChI=1S/C48H58Cl4N4O4S2/c1-55(27-29-59-43(57)31-35-15-5-7-21-41(35)53-45-37(49)17-13-18-38(45)50)33-47(23-9-3-10-24-47)61-62-48(25-11-4-12-26-48)34-56(2)28-30-60-44(58)32-36-16-6-8-22-42(36)54-46-39(51)19-14-20-40(46)52/h5-8,13-22,53-54H,3-4,9-12,23-34H2,1-2H3. The zero-order valence-electron chi connectivity index (χ0n) is 35.7. The number of hydrogen-bond donors (Lipinski definition) is 2. The third kappa shape index (κ3) is 14.4. The molecule has 0 aromatic heterocycles. The number of hydrogen-bond acceptors (Lipinski definition) is 10. The first kappa shape index (κ1) is 48.7. The van der Waals surface area contributed by atoms with Gasteiger partial charge in [-0.25, -0.2) is 0 Å². The van der Waals surface area contributed by atoms with Gasteiger partial charge < -0.3 is 29.9 Å². The van der Waals surface area contributed by atoms with Gasteiger partial charge in [-0.15, -0.1) is 0 Å². The van der Waals surface area contributed by atoms with Gasteiger partial charge in [-0.3, -0.25) is 9.59 Å². The highest BCUT2D eigenvalue weighted by atomic mass is 35.5. The molecule has 0 saturated heterocycles. The number of esters is 2. The number of carbonyl (C=O) groups is 2. The zero-order chi connectivity index (χ0) is 44.0. The van der Waals surface area contributed by atoms with E-state index in [2.05, 4.69) is 56.1 Å². The molecule has 0 amide bonds. The molecule has 0 heterocycles. The number of likely N-dealkylation sites (N-methyl/N-ethyl adjacent to an activating group) is 2. The Morgan fingerprint density at radius 1 is 0.548 bits per heavy atom. The lowest BCUT2D eigenvalue weighted by molar-refractivity contribution is -0.144. The van der Waals surface area contributed by atoms with Crippen LogP contribution >= 0.6 is 68.0 Å². The Hall–Kier alpha value is -2.80. The quantitative estimate of drug-likeness (QED) is 0.0622. The summed E-state index contributed by atoms with van der Waals surface area (Å²) in [6.45, 7) is 3.88. The van der Waals surface area contributed by atoms with Crippen LogP contribution in [0.3, 0.4) is 0 Å². The molecule has 8 nitrogen and oxygen atoms in total. The van der Waals surface area contributed by atoms with Gasteiger partial charge in [0, 0.05) is 47.0 Å². The molecule has 334 valence electrons. The van der Waals surface area contributed by atoms with Crippen molar-refractivity contribution >= 4 is 103 Å². The molecule has 0 bridgehead atoms. The van der Waals surface area contributed by atoms with Gasteiger partial charge in [0.2, 0.25) is 0 Å². The first-order chi connectivity index (χ1) is 29.9. The largest absolute Gasteiger partial charge is 0.464 e. The first-order valence-electron chi connectivity index (χ1n) is 21.6. The highest BCUT2D eigenvalue weighted by molar-refractivity contribution is 8.77. The van der Waals surface area contributed by atoms with E-state index >= 15 is 0 Å². The summed E-state index contributed by atoms with van der Waals surface area (Å²) in [7, 11) is 8.51. The van der Waals surface area contributed by atoms with E-state index in [1.165, 1.54) is 64.2 Å². The molecule has 2 fully saturated rings. The minimum Gasteiger partial charge on any atom is -0.464 e. The van der Waals surface area contributed by atoms with Gasteiger partial charge in [0.25, 0.3) is 0 Å². The van der Waals surface area contributed by atoms with Crippen LogP contribution in [-0.4, -0.2) is 84.7 Å². The van der Waals surface area contributed by atoms with Gasteiger partial charge in [0.1, 0.15) is 13.2 Å². The molecule has 2 saturated carbocycles. The van der Waals surface area contributed by atoms with Crippen molar-refractivity contribution in [1.82, 2.24) is 9.80 Å². The summed E-state index contributed by atoms with van der Waals surface area (Å²) in [4.78, 5) is 30.8. The number of ether oxygens (including phenoxy) is 2. The van der Waals surface area contributed by atoms with Gasteiger partial charge in [0.05, 0.1) is 44.3 Å². The molecule has 2 N–H and O–H groups in total. The highest BCUT2D eigenvalue weighted by Gasteiger charge is 2.40. The second-order valence-electron chi connectivity index (χ2n) is 16.7. The lowest BCUT2D eigenvalue weighted by Crippen LogP contribution is -2.44. The van der Waals surface area contributed by atoms with Crippen molar-refractivity contribution in [3.63, 3.8) is 0 Å². The Morgan fingerprint density at radius 3 is 1.27 bits per heavy atom. The summed E-state index contributed by atoms with van der Waals surface area (Å²) in [5.74, 6) is -0.544. The maximum atomic E-state index is 13.1. The number of rotatable bonds is 21. The summed E-state index contributed by atoms with van der Waals surface area (Å²) in [5, 5.41) is 8.64. The summed E-state index contributed by atoms with van der Waals surface area (Å²) < 4.78 is 11.9. The lowest BCUT2D eigenvalue weighted by atomic mass is 9.88. The molecule has 0 atom stereocenters. The van der Waals surface area contributed by atoms with Crippen LogP contribution in [0.4, 0.5) is 22.7 Å². The molecule has 0 spiro atoms. The van der Waals surface area contributed by atoms with E-state index in [4.69, 9.17) is 55.9 Å². The molecule has 62 heavy (non-hydrogen) atoms. The number of nitrogens with zero attached hydrogens (tertiary/aromatic N) is 2. The van der Waals surface area contributed by atoms with E-state index in [-0.39, 0.29) is 34.3 Å². The Kier molecular flexibility index (Phi) is 18.8. The highest BCUT2D eigenvalue weighted by Crippen LogP contribution is 2.54. The summed E-state index contributed by atoms with van der Waals surface area (Å²) in [6, 6.07) is 26.0. The lowest BCUT2D eigenvalue weighted by Gasteiger charge is -2.44.